The zero-order valence-corrected chi connectivity index (χ0v) is 12.4. The van der Waals surface area contributed by atoms with Gasteiger partial charge in [0, 0.05) is 17.5 Å². The topological polar surface area (TPSA) is 65.8 Å². The lowest BCUT2D eigenvalue weighted by Crippen LogP contribution is -2.32. The standard InChI is InChI=1S/C14H19N3OS/c1-9-7-16-13(19-9)12(10-4-5-10)17-11(18)6-14(2,3)8-15/h7,10,12H,4-6H2,1-3H3,(H,17,18)/t12-/m1/s1. The number of carbonyl (C=O) groups is 1. The highest BCUT2D eigenvalue weighted by atomic mass is 32.1. The van der Waals surface area contributed by atoms with Crippen LogP contribution in [0.3, 0.4) is 0 Å². The van der Waals surface area contributed by atoms with Gasteiger partial charge in [0.1, 0.15) is 5.01 Å². The highest BCUT2D eigenvalue weighted by Crippen LogP contribution is 2.42. The first-order valence-corrected chi connectivity index (χ1v) is 7.36. The van der Waals surface area contributed by atoms with Crippen LogP contribution >= 0.6 is 11.3 Å². The van der Waals surface area contributed by atoms with Gasteiger partial charge in [0.2, 0.25) is 5.91 Å². The summed E-state index contributed by atoms with van der Waals surface area (Å²) >= 11 is 1.64. The van der Waals surface area contributed by atoms with Gasteiger partial charge >= 0.3 is 0 Å². The number of nitrogens with one attached hydrogen (secondary N) is 1. The summed E-state index contributed by atoms with van der Waals surface area (Å²) in [6, 6.07) is 2.19. The quantitative estimate of drug-likeness (QED) is 0.899. The van der Waals surface area contributed by atoms with Crippen molar-refractivity contribution in [1.82, 2.24) is 10.3 Å². The molecule has 1 aliphatic carbocycles. The number of hydrogen-bond donors (Lipinski definition) is 1. The number of nitrogens with zero attached hydrogens (tertiary/aromatic N) is 2. The number of rotatable bonds is 5. The molecule has 1 N–H and O–H groups in total. The summed E-state index contributed by atoms with van der Waals surface area (Å²) < 4.78 is 0. The van der Waals surface area contributed by atoms with E-state index in [0.717, 1.165) is 22.7 Å². The van der Waals surface area contributed by atoms with Crippen LogP contribution < -0.4 is 5.32 Å². The van der Waals surface area contributed by atoms with E-state index in [1.807, 2.05) is 13.1 Å². The number of hydrogen-bond acceptors (Lipinski definition) is 4. The van der Waals surface area contributed by atoms with Crippen molar-refractivity contribution >= 4 is 17.2 Å². The van der Waals surface area contributed by atoms with E-state index < -0.39 is 5.41 Å². The highest BCUT2D eigenvalue weighted by Gasteiger charge is 2.36. The summed E-state index contributed by atoms with van der Waals surface area (Å²) in [4.78, 5) is 17.6. The maximum Gasteiger partial charge on any atom is 0.222 e. The zero-order valence-electron chi connectivity index (χ0n) is 11.6. The largest absolute Gasteiger partial charge is 0.347 e. The third kappa shape index (κ3) is 3.77. The van der Waals surface area contributed by atoms with Gasteiger partial charge in [-0.1, -0.05) is 0 Å². The molecule has 1 aliphatic rings. The first-order valence-electron chi connectivity index (χ1n) is 6.54. The van der Waals surface area contributed by atoms with Crippen LogP contribution in [0.2, 0.25) is 0 Å². The second-order valence-electron chi connectivity index (χ2n) is 5.86. The average Bonchev–Trinajstić information content (AvgIpc) is 3.08. The van der Waals surface area contributed by atoms with Gasteiger partial charge in [-0.3, -0.25) is 4.79 Å². The molecule has 5 heteroatoms. The molecule has 1 saturated carbocycles. The van der Waals surface area contributed by atoms with Crippen molar-refractivity contribution < 1.29 is 4.79 Å². The van der Waals surface area contributed by atoms with E-state index >= 15 is 0 Å². The Kier molecular flexibility index (Phi) is 3.91. The van der Waals surface area contributed by atoms with E-state index in [1.54, 1.807) is 25.2 Å². The van der Waals surface area contributed by atoms with Gasteiger partial charge in [-0.15, -0.1) is 11.3 Å². The molecule has 102 valence electrons. The van der Waals surface area contributed by atoms with Gasteiger partial charge in [0.05, 0.1) is 17.5 Å². The van der Waals surface area contributed by atoms with Crippen LogP contribution in [0.25, 0.3) is 0 Å². The lowest BCUT2D eigenvalue weighted by molar-refractivity contribution is -0.123. The normalized spacial score (nSPS) is 16.7. The third-order valence-electron chi connectivity index (χ3n) is 3.22. The SMILES string of the molecule is Cc1cnc([C@H](NC(=O)CC(C)(C)C#N)C2CC2)s1. The van der Waals surface area contributed by atoms with Gasteiger partial charge in [0.25, 0.3) is 0 Å². The molecule has 1 heterocycles. The average molecular weight is 277 g/mol. The zero-order chi connectivity index (χ0) is 14.0. The number of thiazole rings is 1. The minimum atomic E-state index is -0.614. The summed E-state index contributed by atoms with van der Waals surface area (Å²) in [7, 11) is 0. The van der Waals surface area contributed by atoms with Gasteiger partial charge in [-0.2, -0.15) is 5.26 Å². The molecule has 1 aromatic rings. The minimum absolute atomic E-state index is 0.0284. The first kappa shape index (κ1) is 14.0. The van der Waals surface area contributed by atoms with Gasteiger partial charge in [0.15, 0.2) is 0 Å². The Balaban J connectivity index is 2.02. The van der Waals surface area contributed by atoms with E-state index in [0.29, 0.717) is 5.92 Å². The minimum Gasteiger partial charge on any atom is -0.347 e. The Bertz CT molecular complexity index is 511. The summed E-state index contributed by atoms with van der Waals surface area (Å²) in [6.45, 7) is 5.59. The summed E-state index contributed by atoms with van der Waals surface area (Å²) in [5.74, 6) is 0.455. The second kappa shape index (κ2) is 5.30. The molecule has 0 aliphatic heterocycles. The lowest BCUT2D eigenvalue weighted by atomic mass is 9.91. The van der Waals surface area contributed by atoms with Crippen LogP contribution in [0, 0.1) is 29.6 Å². The van der Waals surface area contributed by atoms with Crippen molar-refractivity contribution in [2.24, 2.45) is 11.3 Å². The third-order valence-corrected chi connectivity index (χ3v) is 4.22. The van der Waals surface area contributed by atoms with E-state index in [4.69, 9.17) is 5.26 Å². The molecule has 0 spiro atoms. The molecule has 0 unspecified atom stereocenters. The maximum atomic E-state index is 12.1. The van der Waals surface area contributed by atoms with Crippen molar-refractivity contribution in [3.8, 4) is 6.07 Å². The van der Waals surface area contributed by atoms with Crippen LogP contribution in [-0.2, 0) is 4.79 Å². The van der Waals surface area contributed by atoms with Crippen molar-refractivity contribution in [2.45, 2.75) is 46.1 Å². The van der Waals surface area contributed by atoms with Crippen LogP contribution in [0.5, 0.6) is 0 Å². The molecule has 1 fully saturated rings. The van der Waals surface area contributed by atoms with Crippen LogP contribution in [0.1, 0.15) is 49.0 Å². The maximum absolute atomic E-state index is 12.1. The number of nitriles is 1. The Morgan fingerprint density at radius 3 is 2.84 bits per heavy atom. The molecule has 4 nitrogen and oxygen atoms in total. The smallest absolute Gasteiger partial charge is 0.222 e. The van der Waals surface area contributed by atoms with E-state index in [-0.39, 0.29) is 18.4 Å². The summed E-state index contributed by atoms with van der Waals surface area (Å²) in [6.07, 6.45) is 4.37. The molecular formula is C14H19N3OS. The monoisotopic (exact) mass is 277 g/mol. The number of aryl methyl sites for hydroxylation is 1. The number of carbonyl (C=O) groups excluding carboxylic acids is 1. The first-order chi connectivity index (χ1) is 8.91. The van der Waals surface area contributed by atoms with E-state index in [9.17, 15) is 4.79 Å². The van der Waals surface area contributed by atoms with Crippen molar-refractivity contribution in [3.63, 3.8) is 0 Å². The van der Waals surface area contributed by atoms with Crippen molar-refractivity contribution in [1.29, 1.82) is 5.26 Å². The fourth-order valence-corrected chi connectivity index (χ4v) is 2.91. The molecule has 0 radical (unpaired) electrons. The molecule has 0 saturated heterocycles. The molecule has 1 aromatic heterocycles. The Morgan fingerprint density at radius 2 is 2.37 bits per heavy atom. The molecule has 1 amide bonds. The fraction of sp³-hybridized carbons (Fsp3) is 0.643. The number of amides is 1. The van der Waals surface area contributed by atoms with Crippen LogP contribution in [-0.4, -0.2) is 10.9 Å². The number of aromatic nitrogens is 1. The predicted molar refractivity (Wildman–Crippen MR) is 74.5 cm³/mol. The van der Waals surface area contributed by atoms with E-state index in [2.05, 4.69) is 16.4 Å². The summed E-state index contributed by atoms with van der Waals surface area (Å²) in [5, 5.41) is 13.0. The van der Waals surface area contributed by atoms with Gasteiger partial charge in [-0.25, -0.2) is 4.98 Å². The molecule has 19 heavy (non-hydrogen) atoms. The van der Waals surface area contributed by atoms with Crippen molar-refractivity contribution in [3.05, 3.63) is 16.1 Å². The van der Waals surface area contributed by atoms with Gasteiger partial charge in [-0.05, 0) is 39.5 Å². The Morgan fingerprint density at radius 1 is 1.68 bits per heavy atom. The molecular weight excluding hydrogens is 258 g/mol. The van der Waals surface area contributed by atoms with Crippen LogP contribution in [0.15, 0.2) is 6.20 Å². The Hall–Kier alpha value is -1.41. The van der Waals surface area contributed by atoms with Crippen molar-refractivity contribution in [2.75, 3.05) is 0 Å². The molecule has 2 rings (SSSR count). The second-order valence-corrected chi connectivity index (χ2v) is 7.13. The van der Waals surface area contributed by atoms with Gasteiger partial charge < -0.3 is 5.32 Å². The molecule has 0 bridgehead atoms. The fourth-order valence-electron chi connectivity index (χ4n) is 1.99. The van der Waals surface area contributed by atoms with E-state index in [1.165, 1.54) is 0 Å². The molecule has 0 aromatic carbocycles. The lowest BCUT2D eigenvalue weighted by Gasteiger charge is -2.19. The molecule has 1 atom stereocenters. The Labute approximate surface area is 117 Å². The highest BCUT2D eigenvalue weighted by molar-refractivity contribution is 7.11. The van der Waals surface area contributed by atoms with Crippen LogP contribution in [0.4, 0.5) is 0 Å². The predicted octanol–water partition coefficient (Wildman–Crippen LogP) is 2.96. The summed E-state index contributed by atoms with van der Waals surface area (Å²) in [5.41, 5.74) is -0.614.